The Morgan fingerprint density at radius 2 is 2.43 bits per heavy atom. The zero-order valence-electron chi connectivity index (χ0n) is 4.26. The smallest absolute Gasteiger partial charge is 0.0795 e. The van der Waals surface area contributed by atoms with Crippen molar-refractivity contribution in [2.75, 3.05) is 6.54 Å². The van der Waals surface area contributed by atoms with Gasteiger partial charge in [0.1, 0.15) is 0 Å². The van der Waals surface area contributed by atoms with Gasteiger partial charge in [-0.3, -0.25) is 4.99 Å². The summed E-state index contributed by atoms with van der Waals surface area (Å²) in [6.07, 6.45) is 0. The molecular formula is C4H8N2O. The number of hydrogen-bond donors (Lipinski definition) is 1. The maximum Gasteiger partial charge on any atom is 0.0795 e. The highest BCUT2D eigenvalue weighted by Gasteiger charge is 1.81. The normalized spacial score (nSPS) is 11.3. The molecule has 0 aliphatic rings. The molecule has 0 radical (unpaired) electrons. The summed E-state index contributed by atoms with van der Waals surface area (Å²) in [5, 5.41) is 10.8. The maximum absolute atomic E-state index is 7.97. The van der Waals surface area contributed by atoms with E-state index in [9.17, 15) is 0 Å². The van der Waals surface area contributed by atoms with E-state index in [4.69, 9.17) is 5.21 Å². The van der Waals surface area contributed by atoms with Crippen LogP contribution in [0.3, 0.4) is 0 Å². The second kappa shape index (κ2) is 3.33. The number of aliphatic imine (C=N–C) groups is 1. The summed E-state index contributed by atoms with van der Waals surface area (Å²) >= 11 is 0. The van der Waals surface area contributed by atoms with Crippen LogP contribution in [0.4, 0.5) is 0 Å². The van der Waals surface area contributed by atoms with E-state index < -0.39 is 0 Å². The summed E-state index contributed by atoms with van der Waals surface area (Å²) in [5.41, 5.74) is 0.579. The van der Waals surface area contributed by atoms with Crippen molar-refractivity contribution in [1.82, 2.24) is 0 Å². The van der Waals surface area contributed by atoms with Gasteiger partial charge in [0.05, 0.1) is 12.3 Å². The molecule has 0 atom stereocenters. The van der Waals surface area contributed by atoms with Crippen molar-refractivity contribution >= 4 is 12.4 Å². The molecule has 0 saturated heterocycles. The summed E-state index contributed by atoms with van der Waals surface area (Å²) in [7, 11) is 0. The third-order valence-corrected chi connectivity index (χ3v) is 0.511. The van der Waals surface area contributed by atoms with Gasteiger partial charge in [-0.1, -0.05) is 5.16 Å². The number of oxime groups is 1. The Bertz CT molecular complexity index is 87.7. The minimum Gasteiger partial charge on any atom is -0.411 e. The molecule has 0 amide bonds. The highest BCUT2D eigenvalue weighted by molar-refractivity contribution is 5.83. The molecule has 0 fully saturated rings. The zero-order valence-corrected chi connectivity index (χ0v) is 4.26. The van der Waals surface area contributed by atoms with Crippen LogP contribution in [0.1, 0.15) is 6.92 Å². The third kappa shape index (κ3) is 2.96. The van der Waals surface area contributed by atoms with E-state index in [2.05, 4.69) is 16.9 Å². The Hall–Kier alpha value is -0.860. The molecule has 3 nitrogen and oxygen atoms in total. The van der Waals surface area contributed by atoms with E-state index in [-0.39, 0.29) is 0 Å². The summed E-state index contributed by atoms with van der Waals surface area (Å²) in [6, 6.07) is 0. The van der Waals surface area contributed by atoms with Crippen molar-refractivity contribution in [2.24, 2.45) is 10.1 Å². The largest absolute Gasteiger partial charge is 0.411 e. The average molecular weight is 100 g/mol. The fourth-order valence-corrected chi connectivity index (χ4v) is 0.193. The van der Waals surface area contributed by atoms with Crippen LogP contribution in [0, 0.1) is 0 Å². The monoisotopic (exact) mass is 100 g/mol. The van der Waals surface area contributed by atoms with E-state index in [0.717, 1.165) is 0 Å². The Kier molecular flexibility index (Phi) is 2.92. The first-order valence-electron chi connectivity index (χ1n) is 1.91. The van der Waals surface area contributed by atoms with Crippen molar-refractivity contribution in [2.45, 2.75) is 6.92 Å². The van der Waals surface area contributed by atoms with Crippen molar-refractivity contribution in [3.63, 3.8) is 0 Å². The predicted molar refractivity (Wildman–Crippen MR) is 29.3 cm³/mol. The van der Waals surface area contributed by atoms with Gasteiger partial charge in [0.25, 0.3) is 0 Å². The topological polar surface area (TPSA) is 45.0 Å². The van der Waals surface area contributed by atoms with Crippen LogP contribution >= 0.6 is 0 Å². The summed E-state index contributed by atoms with van der Waals surface area (Å²) in [5.74, 6) is 0. The van der Waals surface area contributed by atoms with Gasteiger partial charge in [-0.05, 0) is 13.6 Å². The number of hydrogen-bond acceptors (Lipinski definition) is 3. The molecule has 0 saturated carbocycles. The van der Waals surface area contributed by atoms with Crippen molar-refractivity contribution in [3.05, 3.63) is 0 Å². The fourth-order valence-electron chi connectivity index (χ4n) is 0.193. The third-order valence-electron chi connectivity index (χ3n) is 0.511. The van der Waals surface area contributed by atoms with Crippen LogP contribution in [0.5, 0.6) is 0 Å². The molecule has 0 unspecified atom stereocenters. The van der Waals surface area contributed by atoms with Gasteiger partial charge >= 0.3 is 0 Å². The maximum atomic E-state index is 7.97. The first-order valence-corrected chi connectivity index (χ1v) is 1.91. The number of nitrogens with zero attached hydrogens (tertiary/aromatic N) is 2. The highest BCUT2D eigenvalue weighted by Crippen LogP contribution is 1.72. The van der Waals surface area contributed by atoms with Crippen LogP contribution < -0.4 is 0 Å². The minimum atomic E-state index is 0.413. The summed E-state index contributed by atoms with van der Waals surface area (Å²) < 4.78 is 0. The Morgan fingerprint density at radius 1 is 1.86 bits per heavy atom. The molecule has 0 aliphatic heterocycles. The molecule has 0 aromatic carbocycles. The van der Waals surface area contributed by atoms with Gasteiger partial charge in [0.2, 0.25) is 0 Å². The molecular weight excluding hydrogens is 92.1 g/mol. The molecule has 0 aromatic rings. The lowest BCUT2D eigenvalue weighted by molar-refractivity contribution is 0.318. The minimum absolute atomic E-state index is 0.413. The lowest BCUT2D eigenvalue weighted by Gasteiger charge is -1.84. The summed E-state index contributed by atoms with van der Waals surface area (Å²) in [4.78, 5) is 3.47. The van der Waals surface area contributed by atoms with E-state index in [0.29, 0.717) is 12.3 Å². The molecule has 0 spiro atoms. The fraction of sp³-hybridized carbons (Fsp3) is 0.500. The molecule has 0 bridgehead atoms. The summed E-state index contributed by atoms with van der Waals surface area (Å²) in [6.45, 7) is 5.30. The lowest BCUT2D eigenvalue weighted by atomic mass is 10.4. The molecule has 3 heteroatoms. The van der Waals surface area contributed by atoms with Crippen molar-refractivity contribution in [3.8, 4) is 0 Å². The predicted octanol–water partition coefficient (Wildman–Crippen LogP) is 0.537. The molecule has 7 heavy (non-hydrogen) atoms. The van der Waals surface area contributed by atoms with E-state index in [1.807, 2.05) is 0 Å². The van der Waals surface area contributed by atoms with Gasteiger partial charge in [0.15, 0.2) is 0 Å². The van der Waals surface area contributed by atoms with Crippen LogP contribution in [-0.4, -0.2) is 24.2 Å². The van der Waals surface area contributed by atoms with Crippen LogP contribution in [-0.2, 0) is 0 Å². The molecule has 0 rings (SSSR count). The van der Waals surface area contributed by atoms with Crippen molar-refractivity contribution < 1.29 is 5.21 Å². The second-order valence-corrected chi connectivity index (χ2v) is 1.22. The molecule has 0 heterocycles. The van der Waals surface area contributed by atoms with Gasteiger partial charge in [-0.2, -0.15) is 0 Å². The SMILES string of the molecule is C=NC/C(C)=N/O. The van der Waals surface area contributed by atoms with E-state index in [1.165, 1.54) is 0 Å². The average Bonchev–Trinajstić information content (AvgIpc) is 1.68. The van der Waals surface area contributed by atoms with E-state index >= 15 is 0 Å². The quantitative estimate of drug-likeness (QED) is 0.307. The Balaban J connectivity index is 3.36. The lowest BCUT2D eigenvalue weighted by Crippen LogP contribution is -1.93. The second-order valence-electron chi connectivity index (χ2n) is 1.22. The van der Waals surface area contributed by atoms with Crippen LogP contribution in [0.25, 0.3) is 0 Å². The zero-order chi connectivity index (χ0) is 5.70. The van der Waals surface area contributed by atoms with Crippen LogP contribution in [0.15, 0.2) is 10.1 Å². The van der Waals surface area contributed by atoms with Crippen LogP contribution in [0.2, 0.25) is 0 Å². The Morgan fingerprint density at radius 3 is 2.57 bits per heavy atom. The van der Waals surface area contributed by atoms with Gasteiger partial charge < -0.3 is 5.21 Å². The standard InChI is InChI=1S/C4H8N2O/c1-4(6-7)3-5-2/h7H,2-3H2,1H3/b6-4+. The van der Waals surface area contributed by atoms with Gasteiger partial charge in [-0.15, -0.1) is 0 Å². The first kappa shape index (κ1) is 6.14. The van der Waals surface area contributed by atoms with Crippen molar-refractivity contribution in [1.29, 1.82) is 0 Å². The van der Waals surface area contributed by atoms with Gasteiger partial charge in [-0.25, -0.2) is 0 Å². The molecule has 40 valence electrons. The van der Waals surface area contributed by atoms with Gasteiger partial charge in [0, 0.05) is 0 Å². The molecule has 1 N–H and O–H groups in total. The first-order chi connectivity index (χ1) is 3.31. The molecule has 0 aliphatic carbocycles. The number of rotatable bonds is 2. The molecule has 0 aromatic heterocycles. The van der Waals surface area contributed by atoms with E-state index in [1.54, 1.807) is 6.92 Å². The Labute approximate surface area is 42.4 Å². The highest BCUT2D eigenvalue weighted by atomic mass is 16.4.